The number of amides is 1. The van der Waals surface area contributed by atoms with Crippen molar-refractivity contribution in [2.24, 2.45) is 0 Å². The number of carbonyl (C=O) groups is 1. The standard InChI is InChI=1S/C15H11ClFNO3/c16-9-5-6-11(10(17)7-9)18-15(19)14-8-20-12-3-1-2-4-13(12)21-14/h1-7,14H,8H2,(H,18,19)/t14-/m0/s1. The molecular weight excluding hydrogens is 297 g/mol. The summed E-state index contributed by atoms with van der Waals surface area (Å²) in [6.07, 6.45) is -0.838. The second-order valence-corrected chi connectivity index (χ2v) is 4.91. The summed E-state index contributed by atoms with van der Waals surface area (Å²) in [5, 5.41) is 2.72. The fourth-order valence-electron chi connectivity index (χ4n) is 1.95. The predicted octanol–water partition coefficient (Wildman–Crippen LogP) is 3.26. The van der Waals surface area contributed by atoms with Crippen LogP contribution in [0.2, 0.25) is 5.02 Å². The first-order valence-corrected chi connectivity index (χ1v) is 6.65. The third-order valence-electron chi connectivity index (χ3n) is 2.99. The Morgan fingerprint density at radius 2 is 2.00 bits per heavy atom. The van der Waals surface area contributed by atoms with Crippen molar-refractivity contribution in [2.75, 3.05) is 11.9 Å². The zero-order valence-corrected chi connectivity index (χ0v) is 11.6. The summed E-state index contributed by atoms with van der Waals surface area (Å²) in [5.41, 5.74) is 0.0480. The van der Waals surface area contributed by atoms with Crippen molar-refractivity contribution < 1.29 is 18.7 Å². The Bertz CT molecular complexity index is 692. The van der Waals surface area contributed by atoms with E-state index in [0.717, 1.165) is 6.07 Å². The van der Waals surface area contributed by atoms with E-state index in [4.69, 9.17) is 21.1 Å². The average Bonchev–Trinajstić information content (AvgIpc) is 2.49. The van der Waals surface area contributed by atoms with Crippen LogP contribution in [0.25, 0.3) is 0 Å². The minimum absolute atomic E-state index is 0.0480. The number of para-hydroxylation sites is 2. The summed E-state index contributed by atoms with van der Waals surface area (Å²) >= 11 is 5.66. The molecule has 1 N–H and O–H groups in total. The number of carbonyl (C=O) groups excluding carboxylic acids is 1. The molecule has 0 radical (unpaired) electrons. The number of fused-ring (bicyclic) bond motifs is 1. The molecule has 0 saturated heterocycles. The Morgan fingerprint density at radius 1 is 1.24 bits per heavy atom. The minimum atomic E-state index is -0.838. The summed E-state index contributed by atoms with van der Waals surface area (Å²) in [6.45, 7) is 0.0675. The van der Waals surface area contributed by atoms with Gasteiger partial charge in [0.15, 0.2) is 11.5 Å². The van der Waals surface area contributed by atoms with Crippen LogP contribution in [-0.2, 0) is 4.79 Å². The van der Waals surface area contributed by atoms with Gasteiger partial charge >= 0.3 is 0 Å². The maximum Gasteiger partial charge on any atom is 0.269 e. The van der Waals surface area contributed by atoms with Crippen molar-refractivity contribution in [1.29, 1.82) is 0 Å². The third kappa shape index (κ3) is 2.92. The smallest absolute Gasteiger partial charge is 0.269 e. The van der Waals surface area contributed by atoms with Gasteiger partial charge in [-0.05, 0) is 30.3 Å². The highest BCUT2D eigenvalue weighted by molar-refractivity contribution is 6.30. The molecule has 108 valence electrons. The van der Waals surface area contributed by atoms with Crippen molar-refractivity contribution in [2.45, 2.75) is 6.10 Å². The average molecular weight is 308 g/mol. The van der Waals surface area contributed by atoms with E-state index in [0.29, 0.717) is 11.5 Å². The number of ether oxygens (including phenoxy) is 2. The summed E-state index contributed by atoms with van der Waals surface area (Å²) in [4.78, 5) is 12.1. The maximum absolute atomic E-state index is 13.6. The maximum atomic E-state index is 13.6. The van der Waals surface area contributed by atoms with Gasteiger partial charge in [0, 0.05) is 5.02 Å². The second kappa shape index (κ2) is 5.61. The first-order valence-electron chi connectivity index (χ1n) is 6.28. The van der Waals surface area contributed by atoms with Gasteiger partial charge in [-0.15, -0.1) is 0 Å². The molecule has 0 saturated carbocycles. The monoisotopic (exact) mass is 307 g/mol. The molecule has 0 fully saturated rings. The summed E-state index contributed by atoms with van der Waals surface area (Å²) in [7, 11) is 0. The van der Waals surface area contributed by atoms with Gasteiger partial charge in [0.1, 0.15) is 12.4 Å². The molecule has 2 aromatic rings. The van der Waals surface area contributed by atoms with E-state index >= 15 is 0 Å². The zero-order valence-electron chi connectivity index (χ0n) is 10.8. The topological polar surface area (TPSA) is 47.6 Å². The van der Waals surface area contributed by atoms with E-state index < -0.39 is 17.8 Å². The number of halogens is 2. The first-order chi connectivity index (χ1) is 10.1. The molecule has 1 atom stereocenters. The van der Waals surface area contributed by atoms with E-state index in [1.807, 2.05) is 6.07 Å². The highest BCUT2D eigenvalue weighted by Gasteiger charge is 2.27. The third-order valence-corrected chi connectivity index (χ3v) is 3.23. The summed E-state index contributed by atoms with van der Waals surface area (Å²) in [6, 6.07) is 11.1. The molecule has 0 spiro atoms. The molecule has 0 bridgehead atoms. The van der Waals surface area contributed by atoms with Crippen LogP contribution < -0.4 is 14.8 Å². The Labute approximate surface area is 125 Å². The molecule has 21 heavy (non-hydrogen) atoms. The van der Waals surface area contributed by atoms with E-state index in [1.54, 1.807) is 18.2 Å². The van der Waals surface area contributed by atoms with Crippen molar-refractivity contribution in [3.8, 4) is 11.5 Å². The largest absolute Gasteiger partial charge is 0.485 e. The molecule has 6 heteroatoms. The molecule has 1 aliphatic heterocycles. The normalized spacial score (nSPS) is 16.4. The van der Waals surface area contributed by atoms with Gasteiger partial charge < -0.3 is 14.8 Å². The molecule has 1 aliphatic rings. The van der Waals surface area contributed by atoms with Crippen LogP contribution >= 0.6 is 11.6 Å². The lowest BCUT2D eigenvalue weighted by atomic mass is 10.2. The second-order valence-electron chi connectivity index (χ2n) is 4.48. The minimum Gasteiger partial charge on any atom is -0.485 e. The van der Waals surface area contributed by atoms with Gasteiger partial charge in [-0.3, -0.25) is 4.79 Å². The lowest BCUT2D eigenvalue weighted by Crippen LogP contribution is -2.40. The van der Waals surface area contributed by atoms with Gasteiger partial charge in [-0.25, -0.2) is 4.39 Å². The fraction of sp³-hybridized carbons (Fsp3) is 0.133. The highest BCUT2D eigenvalue weighted by atomic mass is 35.5. The summed E-state index contributed by atoms with van der Waals surface area (Å²) < 4.78 is 24.6. The number of hydrogen-bond acceptors (Lipinski definition) is 3. The lowest BCUT2D eigenvalue weighted by Gasteiger charge is -2.25. The quantitative estimate of drug-likeness (QED) is 0.926. The van der Waals surface area contributed by atoms with Crippen LogP contribution in [-0.4, -0.2) is 18.6 Å². The van der Waals surface area contributed by atoms with Crippen LogP contribution in [0.3, 0.4) is 0 Å². The van der Waals surface area contributed by atoms with Crippen LogP contribution in [0.1, 0.15) is 0 Å². The van der Waals surface area contributed by atoms with Crippen LogP contribution in [0.15, 0.2) is 42.5 Å². The Morgan fingerprint density at radius 3 is 2.76 bits per heavy atom. The molecule has 3 rings (SSSR count). The highest BCUT2D eigenvalue weighted by Crippen LogP contribution is 2.31. The molecule has 1 heterocycles. The molecule has 1 amide bonds. The van der Waals surface area contributed by atoms with Gasteiger partial charge in [0.2, 0.25) is 6.10 Å². The van der Waals surface area contributed by atoms with Crippen molar-refractivity contribution >= 4 is 23.2 Å². The number of nitrogens with one attached hydrogen (secondary N) is 1. The Balaban J connectivity index is 1.72. The van der Waals surface area contributed by atoms with Crippen LogP contribution in [0, 0.1) is 5.82 Å². The number of hydrogen-bond donors (Lipinski definition) is 1. The fourth-order valence-corrected chi connectivity index (χ4v) is 2.11. The van der Waals surface area contributed by atoms with Crippen LogP contribution in [0.4, 0.5) is 10.1 Å². The lowest BCUT2D eigenvalue weighted by molar-refractivity contribution is -0.125. The molecule has 0 unspecified atom stereocenters. The molecule has 0 aromatic heterocycles. The van der Waals surface area contributed by atoms with Crippen molar-refractivity contribution in [1.82, 2.24) is 0 Å². The number of rotatable bonds is 2. The summed E-state index contributed by atoms with van der Waals surface area (Å²) in [5.74, 6) is -0.0154. The van der Waals surface area contributed by atoms with Crippen LogP contribution in [0.5, 0.6) is 11.5 Å². The van der Waals surface area contributed by atoms with E-state index in [1.165, 1.54) is 12.1 Å². The molecule has 4 nitrogen and oxygen atoms in total. The first kappa shape index (κ1) is 13.7. The molecule has 2 aromatic carbocycles. The van der Waals surface area contributed by atoms with Gasteiger partial charge in [0.05, 0.1) is 5.69 Å². The Hall–Kier alpha value is -2.27. The Kier molecular flexibility index (Phi) is 3.66. The molecular formula is C15H11ClFNO3. The van der Waals surface area contributed by atoms with E-state index in [9.17, 15) is 9.18 Å². The van der Waals surface area contributed by atoms with Gasteiger partial charge in [-0.2, -0.15) is 0 Å². The zero-order chi connectivity index (χ0) is 14.8. The van der Waals surface area contributed by atoms with Gasteiger partial charge in [0.25, 0.3) is 5.91 Å². The van der Waals surface area contributed by atoms with Crippen molar-refractivity contribution in [3.63, 3.8) is 0 Å². The van der Waals surface area contributed by atoms with Gasteiger partial charge in [-0.1, -0.05) is 23.7 Å². The van der Waals surface area contributed by atoms with E-state index in [-0.39, 0.29) is 17.3 Å². The molecule has 0 aliphatic carbocycles. The number of anilines is 1. The van der Waals surface area contributed by atoms with E-state index in [2.05, 4.69) is 5.32 Å². The predicted molar refractivity (Wildman–Crippen MR) is 76.4 cm³/mol. The number of benzene rings is 2. The SMILES string of the molecule is O=C(Nc1ccc(Cl)cc1F)[C@@H]1COc2ccccc2O1. The van der Waals surface area contributed by atoms with Crippen molar-refractivity contribution in [3.05, 3.63) is 53.3 Å².